The number of nitrogens with zero attached hydrogens (tertiary/aromatic N) is 1. The minimum absolute atomic E-state index is 0.0263. The first-order valence-corrected chi connectivity index (χ1v) is 6.90. The average molecular weight is 241 g/mol. The van der Waals surface area contributed by atoms with Crippen molar-refractivity contribution in [2.24, 2.45) is 5.92 Å². The topological polar surface area (TPSA) is 29.5 Å². The largest absolute Gasteiger partial charge is 0.376 e. The number of hydrogen-bond acceptors (Lipinski definition) is 3. The van der Waals surface area contributed by atoms with Crippen molar-refractivity contribution >= 4 is 5.78 Å². The van der Waals surface area contributed by atoms with E-state index in [0.29, 0.717) is 11.8 Å². The van der Waals surface area contributed by atoms with Crippen LogP contribution in [0.3, 0.4) is 0 Å². The van der Waals surface area contributed by atoms with Crippen LogP contribution in [-0.4, -0.2) is 42.0 Å². The van der Waals surface area contributed by atoms with Crippen molar-refractivity contribution in [2.75, 3.05) is 13.2 Å². The fourth-order valence-corrected chi connectivity index (χ4v) is 2.50. The van der Waals surface area contributed by atoms with Crippen LogP contribution in [0.2, 0.25) is 0 Å². The third kappa shape index (κ3) is 3.52. The molecule has 0 saturated carbocycles. The van der Waals surface area contributed by atoms with Gasteiger partial charge in [-0.25, -0.2) is 0 Å². The predicted molar refractivity (Wildman–Crippen MR) is 70.1 cm³/mol. The lowest BCUT2D eigenvalue weighted by atomic mass is 9.97. The van der Waals surface area contributed by atoms with E-state index in [1.54, 1.807) is 0 Å². The van der Waals surface area contributed by atoms with Gasteiger partial charge in [0.25, 0.3) is 0 Å². The van der Waals surface area contributed by atoms with E-state index >= 15 is 0 Å². The van der Waals surface area contributed by atoms with Gasteiger partial charge < -0.3 is 4.74 Å². The van der Waals surface area contributed by atoms with Gasteiger partial charge in [-0.1, -0.05) is 20.8 Å². The smallest absolute Gasteiger partial charge is 0.155 e. The number of Topliss-reactive ketones (excluding diaryl/α,β-unsaturated/α-hetero) is 1. The summed E-state index contributed by atoms with van der Waals surface area (Å²) >= 11 is 0. The molecule has 1 fully saturated rings. The minimum atomic E-state index is -0.0263. The maximum absolute atomic E-state index is 12.3. The second-order valence-corrected chi connectivity index (χ2v) is 5.53. The highest BCUT2D eigenvalue weighted by molar-refractivity contribution is 5.86. The Morgan fingerprint density at radius 1 is 1.35 bits per heavy atom. The van der Waals surface area contributed by atoms with Crippen LogP contribution in [0.1, 0.15) is 47.5 Å². The van der Waals surface area contributed by atoms with Crippen molar-refractivity contribution in [1.29, 1.82) is 0 Å². The van der Waals surface area contributed by atoms with Crippen molar-refractivity contribution in [3.8, 4) is 0 Å². The summed E-state index contributed by atoms with van der Waals surface area (Å²) < 4.78 is 5.85. The maximum atomic E-state index is 12.3. The van der Waals surface area contributed by atoms with Gasteiger partial charge in [0.05, 0.1) is 12.1 Å². The highest BCUT2D eigenvalue weighted by Crippen LogP contribution is 2.26. The molecule has 3 nitrogen and oxygen atoms in total. The van der Waals surface area contributed by atoms with Crippen molar-refractivity contribution < 1.29 is 9.53 Å². The van der Waals surface area contributed by atoms with Gasteiger partial charge in [-0.3, -0.25) is 9.69 Å². The molecule has 1 saturated heterocycles. The van der Waals surface area contributed by atoms with E-state index in [-0.39, 0.29) is 18.1 Å². The lowest BCUT2D eigenvalue weighted by Crippen LogP contribution is -2.47. The molecule has 3 heteroatoms. The van der Waals surface area contributed by atoms with Crippen molar-refractivity contribution in [1.82, 2.24) is 4.90 Å². The predicted octanol–water partition coefficient (Wildman–Crippen LogP) is 2.49. The highest BCUT2D eigenvalue weighted by Gasteiger charge is 2.41. The Labute approximate surface area is 106 Å². The molecule has 0 unspecified atom stereocenters. The van der Waals surface area contributed by atoms with Gasteiger partial charge >= 0.3 is 0 Å². The molecular formula is C14H27NO2. The molecule has 2 atom stereocenters. The number of carbonyl (C=O) groups excluding carboxylic acids is 1. The normalized spacial score (nSPS) is 26.1. The molecule has 0 aromatic heterocycles. The molecule has 0 spiro atoms. The molecule has 0 N–H and O–H groups in total. The number of carbonyl (C=O) groups is 1. The average Bonchev–Trinajstić information content (AvgIpc) is 2.68. The molecule has 0 bridgehead atoms. The SMILES string of the molecule is CCCO[C@@H]1CCN(C(C)C)[C@@H]1C(=O)C(C)C. The summed E-state index contributed by atoms with van der Waals surface area (Å²) in [6.45, 7) is 12.1. The number of ketones is 1. The van der Waals surface area contributed by atoms with Crippen molar-refractivity contribution in [2.45, 2.75) is 65.6 Å². The van der Waals surface area contributed by atoms with Crippen LogP contribution in [0.4, 0.5) is 0 Å². The lowest BCUT2D eigenvalue weighted by Gasteiger charge is -2.31. The Balaban J connectivity index is 2.75. The molecule has 1 aliphatic rings. The van der Waals surface area contributed by atoms with Crippen LogP contribution in [0.25, 0.3) is 0 Å². The molecule has 0 aromatic carbocycles. The molecule has 0 amide bonds. The zero-order valence-corrected chi connectivity index (χ0v) is 11.9. The minimum Gasteiger partial charge on any atom is -0.376 e. The molecule has 1 rings (SSSR count). The van der Waals surface area contributed by atoms with Gasteiger partial charge in [-0.2, -0.15) is 0 Å². The number of likely N-dealkylation sites (tertiary alicyclic amines) is 1. The first-order valence-electron chi connectivity index (χ1n) is 6.90. The van der Waals surface area contributed by atoms with E-state index in [4.69, 9.17) is 4.74 Å². The fraction of sp³-hybridized carbons (Fsp3) is 0.929. The van der Waals surface area contributed by atoms with Gasteiger partial charge in [0.1, 0.15) is 0 Å². The summed E-state index contributed by atoms with van der Waals surface area (Å²) in [4.78, 5) is 14.6. The van der Waals surface area contributed by atoms with Crippen molar-refractivity contribution in [3.05, 3.63) is 0 Å². The molecule has 0 aromatic rings. The summed E-state index contributed by atoms with van der Waals surface area (Å²) in [6.07, 6.45) is 2.11. The molecule has 100 valence electrons. The monoisotopic (exact) mass is 241 g/mol. The first kappa shape index (κ1) is 14.7. The van der Waals surface area contributed by atoms with E-state index < -0.39 is 0 Å². The Morgan fingerprint density at radius 2 is 2.00 bits per heavy atom. The summed E-state index contributed by atoms with van der Waals surface area (Å²) in [5.41, 5.74) is 0. The number of hydrogen-bond donors (Lipinski definition) is 0. The Hall–Kier alpha value is -0.410. The second kappa shape index (κ2) is 6.50. The third-order valence-electron chi connectivity index (χ3n) is 3.44. The van der Waals surface area contributed by atoms with E-state index in [1.165, 1.54) is 0 Å². The van der Waals surface area contributed by atoms with Crippen LogP contribution < -0.4 is 0 Å². The molecule has 0 radical (unpaired) electrons. The fourth-order valence-electron chi connectivity index (χ4n) is 2.50. The van der Waals surface area contributed by atoms with E-state index in [9.17, 15) is 4.79 Å². The van der Waals surface area contributed by atoms with Crippen LogP contribution in [-0.2, 0) is 9.53 Å². The maximum Gasteiger partial charge on any atom is 0.155 e. The Kier molecular flexibility index (Phi) is 5.60. The molecule has 0 aliphatic carbocycles. The van der Waals surface area contributed by atoms with E-state index in [1.807, 2.05) is 13.8 Å². The zero-order chi connectivity index (χ0) is 13.0. The standard InChI is InChI=1S/C14H27NO2/c1-6-9-17-12-7-8-15(11(4)5)13(12)14(16)10(2)3/h10-13H,6-9H2,1-5H3/t12-,13+/m1/s1. The van der Waals surface area contributed by atoms with Gasteiger partial charge in [0.15, 0.2) is 5.78 Å². The van der Waals surface area contributed by atoms with Crippen molar-refractivity contribution in [3.63, 3.8) is 0 Å². The summed E-state index contributed by atoms with van der Waals surface area (Å²) in [5, 5.41) is 0. The first-order chi connectivity index (χ1) is 7.99. The zero-order valence-electron chi connectivity index (χ0n) is 11.9. The lowest BCUT2D eigenvalue weighted by molar-refractivity contribution is -0.131. The molecular weight excluding hydrogens is 214 g/mol. The summed E-state index contributed by atoms with van der Waals surface area (Å²) in [7, 11) is 0. The van der Waals surface area contributed by atoms with Crippen LogP contribution in [0, 0.1) is 5.92 Å². The molecule has 1 heterocycles. The summed E-state index contributed by atoms with van der Waals surface area (Å²) in [6, 6.07) is 0.388. The van der Waals surface area contributed by atoms with Crippen LogP contribution >= 0.6 is 0 Å². The Morgan fingerprint density at radius 3 is 2.47 bits per heavy atom. The molecule has 1 aliphatic heterocycles. The number of rotatable bonds is 6. The quantitative estimate of drug-likeness (QED) is 0.715. The van der Waals surface area contributed by atoms with Crippen LogP contribution in [0.15, 0.2) is 0 Å². The van der Waals surface area contributed by atoms with E-state index in [0.717, 1.165) is 26.0 Å². The summed E-state index contributed by atoms with van der Waals surface area (Å²) in [5.74, 6) is 0.421. The van der Waals surface area contributed by atoms with E-state index in [2.05, 4.69) is 25.7 Å². The van der Waals surface area contributed by atoms with Gasteiger partial charge in [0.2, 0.25) is 0 Å². The van der Waals surface area contributed by atoms with Gasteiger partial charge in [-0.15, -0.1) is 0 Å². The number of ether oxygens (including phenoxy) is 1. The van der Waals surface area contributed by atoms with Gasteiger partial charge in [-0.05, 0) is 26.7 Å². The second-order valence-electron chi connectivity index (χ2n) is 5.53. The van der Waals surface area contributed by atoms with Crippen LogP contribution in [0.5, 0.6) is 0 Å². The molecule has 17 heavy (non-hydrogen) atoms. The third-order valence-corrected chi connectivity index (χ3v) is 3.44. The van der Waals surface area contributed by atoms with Gasteiger partial charge in [0, 0.05) is 25.1 Å². The highest BCUT2D eigenvalue weighted by atomic mass is 16.5. The Bertz CT molecular complexity index is 251.